The van der Waals surface area contributed by atoms with Crippen LogP contribution in [0.1, 0.15) is 23.7 Å². The number of methoxy groups -OCH3 is 3. The molecule has 0 bridgehead atoms. The first kappa shape index (κ1) is 17.1. The maximum Gasteiger partial charge on any atom is 0.255 e. The van der Waals surface area contributed by atoms with Crippen molar-refractivity contribution in [3.63, 3.8) is 0 Å². The topological polar surface area (TPSA) is 76.3 Å². The zero-order chi connectivity index (χ0) is 17.0. The molecule has 0 saturated carbocycles. The molecule has 1 aromatic heterocycles. The van der Waals surface area contributed by atoms with Crippen molar-refractivity contribution in [1.29, 1.82) is 0 Å². The normalized spacial score (nSPS) is 10.4. The van der Waals surface area contributed by atoms with Crippen molar-refractivity contribution in [2.24, 2.45) is 0 Å². The van der Waals surface area contributed by atoms with Gasteiger partial charge in [0.05, 0.1) is 21.3 Å². The Morgan fingerprint density at radius 2 is 1.61 bits per heavy atom. The largest absolute Gasteiger partial charge is 0.496 e. The van der Waals surface area contributed by atoms with Gasteiger partial charge in [0.15, 0.2) is 16.3 Å². The minimum Gasteiger partial charge on any atom is -0.496 e. The number of H-pyrrole nitrogens is 2. The fourth-order valence-corrected chi connectivity index (χ4v) is 2.69. The molecule has 124 valence electrons. The summed E-state index contributed by atoms with van der Waals surface area (Å²) in [6.45, 7) is 1.97. The Labute approximate surface area is 139 Å². The van der Waals surface area contributed by atoms with Gasteiger partial charge in [-0.1, -0.05) is 6.92 Å². The fraction of sp³-hybridized carbons (Fsp3) is 0.375. The summed E-state index contributed by atoms with van der Waals surface area (Å²) in [6, 6.07) is 3.57. The van der Waals surface area contributed by atoms with Crippen molar-refractivity contribution < 1.29 is 14.2 Å². The summed E-state index contributed by atoms with van der Waals surface area (Å²) < 4.78 is 16.4. The van der Waals surface area contributed by atoms with E-state index in [9.17, 15) is 4.79 Å². The average Bonchev–Trinajstić information content (AvgIpc) is 2.56. The molecule has 2 rings (SSSR count). The van der Waals surface area contributed by atoms with Crippen LogP contribution in [0.25, 0.3) is 0 Å². The number of hydrogen-bond donors (Lipinski definition) is 2. The van der Waals surface area contributed by atoms with Gasteiger partial charge in [0.25, 0.3) is 5.56 Å². The smallest absolute Gasteiger partial charge is 0.255 e. The highest BCUT2D eigenvalue weighted by Crippen LogP contribution is 2.35. The van der Waals surface area contributed by atoms with Crippen LogP contribution < -0.4 is 19.8 Å². The summed E-state index contributed by atoms with van der Waals surface area (Å²) >= 11 is 5.03. The van der Waals surface area contributed by atoms with E-state index in [1.54, 1.807) is 27.4 Å². The molecule has 0 aliphatic rings. The number of ether oxygens (including phenoxy) is 3. The van der Waals surface area contributed by atoms with Crippen LogP contribution in [0, 0.1) is 4.77 Å². The lowest BCUT2D eigenvalue weighted by Gasteiger charge is -2.15. The van der Waals surface area contributed by atoms with Gasteiger partial charge >= 0.3 is 0 Å². The maximum absolute atomic E-state index is 12.3. The van der Waals surface area contributed by atoms with E-state index in [2.05, 4.69) is 9.97 Å². The average molecular weight is 336 g/mol. The molecule has 0 atom stereocenters. The van der Waals surface area contributed by atoms with Crippen molar-refractivity contribution in [3.8, 4) is 17.2 Å². The molecular formula is C16H20N2O4S. The number of aromatic amines is 2. The first-order valence-corrected chi connectivity index (χ1v) is 7.58. The predicted octanol–water partition coefficient (Wildman–Crippen LogP) is 2.61. The van der Waals surface area contributed by atoms with Gasteiger partial charge in [-0.3, -0.25) is 9.78 Å². The van der Waals surface area contributed by atoms with E-state index in [-0.39, 0.29) is 5.56 Å². The molecule has 0 fully saturated rings. The minimum absolute atomic E-state index is 0.192. The molecule has 7 heteroatoms. The molecule has 1 aromatic carbocycles. The van der Waals surface area contributed by atoms with Crippen molar-refractivity contribution >= 4 is 12.2 Å². The molecule has 0 amide bonds. The number of nitrogens with one attached hydrogen (secondary N) is 2. The van der Waals surface area contributed by atoms with Crippen LogP contribution in [0.3, 0.4) is 0 Å². The Balaban J connectivity index is 2.56. The molecular weight excluding hydrogens is 316 g/mol. The second-order valence-corrected chi connectivity index (χ2v) is 5.32. The highest BCUT2D eigenvalue weighted by atomic mass is 32.1. The molecule has 2 N–H and O–H groups in total. The number of rotatable bonds is 6. The zero-order valence-electron chi connectivity index (χ0n) is 13.6. The van der Waals surface area contributed by atoms with E-state index in [0.29, 0.717) is 40.4 Å². The van der Waals surface area contributed by atoms with Gasteiger partial charge in [0.1, 0.15) is 5.75 Å². The summed E-state index contributed by atoms with van der Waals surface area (Å²) in [4.78, 5) is 17.9. The van der Waals surface area contributed by atoms with Crippen molar-refractivity contribution in [2.75, 3.05) is 21.3 Å². The van der Waals surface area contributed by atoms with Crippen molar-refractivity contribution in [2.45, 2.75) is 19.8 Å². The lowest BCUT2D eigenvalue weighted by atomic mass is 10.0. The number of aromatic nitrogens is 2. The maximum atomic E-state index is 12.3. The van der Waals surface area contributed by atoms with Crippen LogP contribution in [0.15, 0.2) is 16.9 Å². The van der Waals surface area contributed by atoms with E-state index in [0.717, 1.165) is 11.3 Å². The van der Waals surface area contributed by atoms with E-state index in [1.165, 1.54) is 0 Å². The lowest BCUT2D eigenvalue weighted by Crippen LogP contribution is -2.18. The van der Waals surface area contributed by atoms with Gasteiger partial charge in [-0.25, -0.2) is 0 Å². The molecule has 0 aliphatic heterocycles. The summed E-state index contributed by atoms with van der Waals surface area (Å²) in [6.07, 6.45) is 1.08. The molecule has 0 unspecified atom stereocenters. The zero-order valence-corrected chi connectivity index (χ0v) is 14.4. The van der Waals surface area contributed by atoms with Crippen LogP contribution in [0.5, 0.6) is 17.2 Å². The molecule has 0 spiro atoms. The van der Waals surface area contributed by atoms with Gasteiger partial charge in [-0.2, -0.15) is 0 Å². The van der Waals surface area contributed by atoms with E-state index >= 15 is 0 Å². The molecule has 0 aliphatic carbocycles. The third kappa shape index (κ3) is 3.56. The second-order valence-electron chi connectivity index (χ2n) is 4.91. The molecule has 0 radical (unpaired) electrons. The third-order valence-corrected chi connectivity index (χ3v) is 3.84. The lowest BCUT2D eigenvalue weighted by molar-refractivity contribution is 0.347. The standard InChI is InChI=1S/C16H20N2O4S/c1-5-11-10(15(19)18-16(23)17-11)6-9-7-13(21-3)14(22-4)8-12(9)20-2/h7-8H,5-6H2,1-4H3,(H2,17,18,19,23). The van der Waals surface area contributed by atoms with Gasteiger partial charge in [0.2, 0.25) is 0 Å². The van der Waals surface area contributed by atoms with Crippen LogP contribution in [0.4, 0.5) is 0 Å². The second kappa shape index (κ2) is 7.32. The quantitative estimate of drug-likeness (QED) is 0.793. The number of aryl methyl sites for hydroxylation is 1. The summed E-state index contributed by atoms with van der Waals surface area (Å²) in [7, 11) is 4.71. The van der Waals surface area contributed by atoms with E-state index in [4.69, 9.17) is 26.4 Å². The molecule has 23 heavy (non-hydrogen) atoms. The van der Waals surface area contributed by atoms with E-state index < -0.39 is 0 Å². The molecule has 1 heterocycles. The third-order valence-electron chi connectivity index (χ3n) is 3.64. The van der Waals surface area contributed by atoms with Crippen LogP contribution in [0.2, 0.25) is 0 Å². The number of hydrogen-bond acceptors (Lipinski definition) is 5. The minimum atomic E-state index is -0.192. The first-order chi connectivity index (χ1) is 11.0. The van der Waals surface area contributed by atoms with Crippen molar-refractivity contribution in [3.05, 3.63) is 44.1 Å². The molecule has 6 nitrogen and oxygen atoms in total. The Bertz CT molecular complexity index is 811. The fourth-order valence-electron chi connectivity index (χ4n) is 2.47. The van der Waals surface area contributed by atoms with Crippen molar-refractivity contribution in [1.82, 2.24) is 9.97 Å². The number of benzene rings is 1. The highest BCUT2D eigenvalue weighted by molar-refractivity contribution is 7.71. The first-order valence-electron chi connectivity index (χ1n) is 7.17. The van der Waals surface area contributed by atoms with Gasteiger partial charge in [0, 0.05) is 29.3 Å². The highest BCUT2D eigenvalue weighted by Gasteiger charge is 2.15. The van der Waals surface area contributed by atoms with E-state index in [1.807, 2.05) is 13.0 Å². The van der Waals surface area contributed by atoms with Gasteiger partial charge in [-0.15, -0.1) is 0 Å². The van der Waals surface area contributed by atoms with Gasteiger partial charge in [-0.05, 0) is 24.7 Å². The SMILES string of the molecule is CCc1[nH]c(=S)[nH]c(=O)c1Cc1cc(OC)c(OC)cc1OC. The summed E-state index contributed by atoms with van der Waals surface area (Å²) in [5.74, 6) is 1.79. The predicted molar refractivity (Wildman–Crippen MR) is 90.5 cm³/mol. The molecule has 0 saturated heterocycles. The summed E-state index contributed by atoms with van der Waals surface area (Å²) in [5.41, 5.74) is 2.08. The Morgan fingerprint density at radius 3 is 2.17 bits per heavy atom. The van der Waals surface area contributed by atoms with Gasteiger partial charge < -0.3 is 19.2 Å². The Kier molecular flexibility index (Phi) is 5.44. The Morgan fingerprint density at radius 1 is 1.00 bits per heavy atom. The monoisotopic (exact) mass is 336 g/mol. The van der Waals surface area contributed by atoms with Crippen LogP contribution in [-0.2, 0) is 12.8 Å². The Hall–Kier alpha value is -2.28. The van der Waals surface area contributed by atoms with Crippen LogP contribution in [-0.4, -0.2) is 31.3 Å². The van der Waals surface area contributed by atoms with Crippen LogP contribution >= 0.6 is 12.2 Å². The summed E-state index contributed by atoms with van der Waals surface area (Å²) in [5, 5.41) is 0. The molecule has 2 aromatic rings.